The Morgan fingerprint density at radius 2 is 2.33 bits per heavy atom. The normalized spacial score (nSPS) is 18.1. The largest absolute Gasteiger partial charge is 0.396 e. The molecule has 1 saturated heterocycles. The third-order valence-electron chi connectivity index (χ3n) is 2.74. The first-order valence-electron chi connectivity index (χ1n) is 4.98. The van der Waals surface area contributed by atoms with Gasteiger partial charge >= 0.3 is 0 Å². The van der Waals surface area contributed by atoms with E-state index in [9.17, 15) is 4.79 Å². The van der Waals surface area contributed by atoms with Crippen molar-refractivity contribution in [3.63, 3.8) is 0 Å². The molecule has 0 atom stereocenters. The first-order valence-corrected chi connectivity index (χ1v) is 5.82. The van der Waals surface area contributed by atoms with Crippen LogP contribution in [0.5, 0.6) is 0 Å². The van der Waals surface area contributed by atoms with E-state index in [0.717, 1.165) is 12.8 Å². The lowest BCUT2D eigenvalue weighted by molar-refractivity contribution is 0.0645. The fourth-order valence-electron chi connectivity index (χ4n) is 1.74. The zero-order chi connectivity index (χ0) is 10.7. The van der Waals surface area contributed by atoms with Gasteiger partial charge in [0.05, 0.1) is 0 Å². The number of carbonyl (C=O) groups excluding carboxylic acids is 1. The zero-order valence-electron chi connectivity index (χ0n) is 8.30. The van der Waals surface area contributed by atoms with Gasteiger partial charge in [-0.05, 0) is 30.3 Å². The average Bonchev–Trinajstić information content (AvgIpc) is 2.82. The number of nitrogens with zero attached hydrogens (tertiary/aromatic N) is 3. The Morgan fingerprint density at radius 3 is 2.87 bits per heavy atom. The molecule has 1 aliphatic heterocycles. The van der Waals surface area contributed by atoms with Gasteiger partial charge in [-0.15, -0.1) is 5.10 Å². The van der Waals surface area contributed by atoms with Crippen molar-refractivity contribution in [3.05, 3.63) is 11.1 Å². The molecule has 1 N–H and O–H groups in total. The van der Waals surface area contributed by atoms with Crippen LogP contribution in [0.2, 0.25) is 0 Å². The van der Waals surface area contributed by atoms with Gasteiger partial charge in [0.15, 0.2) is 5.69 Å². The summed E-state index contributed by atoms with van der Waals surface area (Å²) in [6.45, 7) is 1.64. The molecule has 1 aliphatic rings. The van der Waals surface area contributed by atoms with E-state index in [-0.39, 0.29) is 12.5 Å². The molecule has 1 fully saturated rings. The van der Waals surface area contributed by atoms with Crippen LogP contribution in [0, 0.1) is 5.92 Å². The van der Waals surface area contributed by atoms with Crippen LogP contribution in [0.15, 0.2) is 5.38 Å². The lowest BCUT2D eigenvalue weighted by atomic mass is 9.98. The smallest absolute Gasteiger partial charge is 0.275 e. The van der Waals surface area contributed by atoms with Crippen molar-refractivity contribution in [2.75, 3.05) is 19.7 Å². The lowest BCUT2D eigenvalue weighted by Crippen LogP contribution is -2.39. The number of aromatic nitrogens is 2. The van der Waals surface area contributed by atoms with Gasteiger partial charge in [0.1, 0.15) is 0 Å². The van der Waals surface area contributed by atoms with E-state index < -0.39 is 0 Å². The minimum atomic E-state index is -0.0415. The van der Waals surface area contributed by atoms with Crippen LogP contribution in [-0.2, 0) is 0 Å². The van der Waals surface area contributed by atoms with E-state index in [4.69, 9.17) is 5.11 Å². The molecule has 0 aromatic carbocycles. The summed E-state index contributed by atoms with van der Waals surface area (Å²) in [4.78, 5) is 13.6. The molecule has 1 aromatic heterocycles. The second kappa shape index (κ2) is 4.67. The van der Waals surface area contributed by atoms with Gasteiger partial charge in [-0.2, -0.15) is 0 Å². The molecular formula is C9H13N3O2S. The molecule has 1 aromatic rings. The van der Waals surface area contributed by atoms with Gasteiger partial charge in [0.2, 0.25) is 0 Å². The van der Waals surface area contributed by atoms with Crippen molar-refractivity contribution in [1.29, 1.82) is 0 Å². The van der Waals surface area contributed by atoms with E-state index in [2.05, 4.69) is 9.59 Å². The fraction of sp³-hybridized carbons (Fsp3) is 0.667. The number of carbonyl (C=O) groups is 1. The number of hydrogen-bond acceptors (Lipinski definition) is 5. The predicted molar refractivity (Wildman–Crippen MR) is 55.6 cm³/mol. The topological polar surface area (TPSA) is 66.3 Å². The van der Waals surface area contributed by atoms with Gasteiger partial charge in [-0.3, -0.25) is 4.79 Å². The SMILES string of the molecule is O=C(c1csnn1)N1CCC(CO)CC1. The average molecular weight is 227 g/mol. The van der Waals surface area contributed by atoms with Crippen LogP contribution in [0.1, 0.15) is 23.3 Å². The standard InChI is InChI=1S/C9H13N3O2S/c13-5-7-1-3-12(4-2-7)9(14)8-6-15-11-10-8/h6-7,13H,1-5H2. The van der Waals surface area contributed by atoms with Gasteiger partial charge in [-0.25, -0.2) is 0 Å². The first-order chi connectivity index (χ1) is 7.31. The molecule has 0 aliphatic carbocycles. The van der Waals surface area contributed by atoms with Crippen LogP contribution in [-0.4, -0.2) is 45.2 Å². The van der Waals surface area contributed by atoms with E-state index >= 15 is 0 Å². The quantitative estimate of drug-likeness (QED) is 0.793. The number of piperidine rings is 1. The van der Waals surface area contributed by atoms with Crippen LogP contribution >= 0.6 is 11.5 Å². The molecule has 15 heavy (non-hydrogen) atoms. The monoisotopic (exact) mass is 227 g/mol. The number of aliphatic hydroxyl groups excluding tert-OH is 1. The lowest BCUT2D eigenvalue weighted by Gasteiger charge is -2.30. The maximum atomic E-state index is 11.8. The number of aliphatic hydroxyl groups is 1. The van der Waals surface area contributed by atoms with Crippen molar-refractivity contribution in [2.24, 2.45) is 5.92 Å². The molecule has 0 radical (unpaired) electrons. The summed E-state index contributed by atoms with van der Waals surface area (Å²) in [5.74, 6) is 0.308. The third-order valence-corrected chi connectivity index (χ3v) is 3.24. The van der Waals surface area contributed by atoms with Gasteiger partial charge < -0.3 is 10.0 Å². The highest BCUT2D eigenvalue weighted by atomic mass is 32.1. The van der Waals surface area contributed by atoms with Crippen LogP contribution in [0.25, 0.3) is 0 Å². The number of amides is 1. The molecule has 0 unspecified atom stereocenters. The van der Waals surface area contributed by atoms with E-state index in [1.807, 2.05) is 0 Å². The summed E-state index contributed by atoms with van der Waals surface area (Å²) in [6, 6.07) is 0. The zero-order valence-corrected chi connectivity index (χ0v) is 9.11. The molecule has 0 saturated carbocycles. The molecule has 2 heterocycles. The van der Waals surface area contributed by atoms with Crippen molar-refractivity contribution >= 4 is 17.4 Å². The van der Waals surface area contributed by atoms with Crippen LogP contribution in [0.4, 0.5) is 0 Å². The first kappa shape index (κ1) is 10.5. The molecule has 0 spiro atoms. The van der Waals surface area contributed by atoms with Crippen molar-refractivity contribution in [3.8, 4) is 0 Å². The summed E-state index contributed by atoms with van der Waals surface area (Å²) in [5.41, 5.74) is 0.433. The Kier molecular flexibility index (Phi) is 3.27. The third kappa shape index (κ3) is 2.32. The van der Waals surface area contributed by atoms with Gasteiger partial charge in [0, 0.05) is 25.1 Å². The van der Waals surface area contributed by atoms with E-state index in [1.54, 1.807) is 10.3 Å². The Bertz CT molecular complexity index is 320. The van der Waals surface area contributed by atoms with Crippen molar-refractivity contribution in [1.82, 2.24) is 14.5 Å². The molecule has 2 rings (SSSR count). The highest BCUT2D eigenvalue weighted by Crippen LogP contribution is 2.17. The second-order valence-electron chi connectivity index (χ2n) is 3.71. The molecule has 1 amide bonds. The Hall–Kier alpha value is -1.01. The number of hydrogen-bond donors (Lipinski definition) is 1. The molecule has 0 bridgehead atoms. The fourth-order valence-corrected chi connectivity index (χ4v) is 2.17. The Labute approximate surface area is 91.9 Å². The summed E-state index contributed by atoms with van der Waals surface area (Å²) in [5, 5.41) is 14.4. The van der Waals surface area contributed by atoms with Crippen LogP contribution < -0.4 is 0 Å². The second-order valence-corrected chi connectivity index (χ2v) is 4.32. The van der Waals surface area contributed by atoms with E-state index in [1.165, 1.54) is 11.5 Å². The minimum absolute atomic E-state index is 0.0415. The Morgan fingerprint density at radius 1 is 1.60 bits per heavy atom. The maximum absolute atomic E-state index is 11.8. The predicted octanol–water partition coefficient (Wildman–Crippen LogP) is 0.383. The summed E-state index contributed by atoms with van der Waals surface area (Å²) in [7, 11) is 0. The van der Waals surface area contributed by atoms with Gasteiger partial charge in [-0.1, -0.05) is 4.49 Å². The van der Waals surface area contributed by atoms with Crippen LogP contribution in [0.3, 0.4) is 0 Å². The molecule has 6 heteroatoms. The summed E-state index contributed by atoms with van der Waals surface area (Å²) >= 11 is 1.19. The maximum Gasteiger partial charge on any atom is 0.275 e. The minimum Gasteiger partial charge on any atom is -0.396 e. The molecule has 82 valence electrons. The number of rotatable bonds is 2. The Balaban J connectivity index is 1.93. The molecular weight excluding hydrogens is 214 g/mol. The van der Waals surface area contributed by atoms with E-state index in [0.29, 0.717) is 24.7 Å². The number of likely N-dealkylation sites (tertiary alicyclic amines) is 1. The van der Waals surface area contributed by atoms with Crippen molar-refractivity contribution in [2.45, 2.75) is 12.8 Å². The van der Waals surface area contributed by atoms with Gasteiger partial charge in [0.25, 0.3) is 5.91 Å². The summed E-state index contributed by atoms with van der Waals surface area (Å²) < 4.78 is 3.67. The molecule has 5 nitrogen and oxygen atoms in total. The van der Waals surface area contributed by atoms with Crippen molar-refractivity contribution < 1.29 is 9.90 Å². The summed E-state index contributed by atoms with van der Waals surface area (Å²) in [6.07, 6.45) is 1.75. The highest BCUT2D eigenvalue weighted by Gasteiger charge is 2.24. The highest BCUT2D eigenvalue weighted by molar-refractivity contribution is 7.03.